The molecule has 0 aliphatic heterocycles. The Morgan fingerprint density at radius 1 is 1.26 bits per heavy atom. The van der Waals surface area contributed by atoms with E-state index in [9.17, 15) is 0 Å². The number of hydrogen-bond acceptors (Lipinski definition) is 3. The lowest BCUT2D eigenvalue weighted by molar-refractivity contribution is 1.01. The number of rotatable bonds is 5. The molecule has 0 saturated carbocycles. The molecule has 0 radical (unpaired) electrons. The summed E-state index contributed by atoms with van der Waals surface area (Å²) in [7, 11) is 0. The number of nitrogens with two attached hydrogens (primary N) is 1. The number of pyridine rings is 1. The summed E-state index contributed by atoms with van der Waals surface area (Å²) in [5.41, 5.74) is 10.1. The maximum Gasteiger partial charge on any atom is 0.104 e. The zero-order valence-electron chi connectivity index (χ0n) is 10.9. The van der Waals surface area contributed by atoms with Crippen molar-refractivity contribution in [1.82, 2.24) is 4.98 Å². The van der Waals surface area contributed by atoms with Gasteiger partial charge in [0.05, 0.1) is 0 Å². The summed E-state index contributed by atoms with van der Waals surface area (Å²) in [6, 6.07) is 10.1. The van der Waals surface area contributed by atoms with Crippen molar-refractivity contribution < 1.29 is 0 Å². The van der Waals surface area contributed by atoms with Crippen molar-refractivity contribution in [2.24, 2.45) is 5.73 Å². The average molecular weight is 271 g/mol. The fraction of sp³-hybridized carbons (Fsp3) is 0.200. The molecule has 0 aliphatic carbocycles. The van der Waals surface area contributed by atoms with Crippen molar-refractivity contribution >= 4 is 22.9 Å². The SMILES string of the molecule is Cc1cc(NCCc2ccncc2)ccc1C(N)=S. The van der Waals surface area contributed by atoms with Crippen molar-refractivity contribution in [1.29, 1.82) is 0 Å². The van der Waals surface area contributed by atoms with Crippen LogP contribution in [0.5, 0.6) is 0 Å². The molecule has 19 heavy (non-hydrogen) atoms. The van der Waals surface area contributed by atoms with Gasteiger partial charge in [-0.15, -0.1) is 0 Å². The molecule has 1 heterocycles. The topological polar surface area (TPSA) is 50.9 Å². The Kier molecular flexibility index (Phi) is 4.47. The standard InChI is InChI=1S/C15H17N3S/c1-11-10-13(2-3-14(11)15(16)19)18-9-6-12-4-7-17-8-5-12/h2-5,7-8,10,18H,6,9H2,1H3,(H2,16,19). The van der Waals surface area contributed by atoms with E-state index >= 15 is 0 Å². The van der Waals surface area contributed by atoms with Gasteiger partial charge in [0, 0.05) is 30.2 Å². The first kappa shape index (κ1) is 13.5. The van der Waals surface area contributed by atoms with Gasteiger partial charge in [0.15, 0.2) is 0 Å². The van der Waals surface area contributed by atoms with Gasteiger partial charge in [-0.25, -0.2) is 0 Å². The minimum Gasteiger partial charge on any atom is -0.389 e. The summed E-state index contributed by atoms with van der Waals surface area (Å²) in [6.45, 7) is 2.90. The summed E-state index contributed by atoms with van der Waals surface area (Å²) in [4.78, 5) is 4.45. The van der Waals surface area contributed by atoms with E-state index in [2.05, 4.69) is 16.4 Å². The molecule has 1 aromatic heterocycles. The number of nitrogens with one attached hydrogen (secondary N) is 1. The van der Waals surface area contributed by atoms with Gasteiger partial charge in [-0.05, 0) is 54.8 Å². The average Bonchev–Trinajstić information content (AvgIpc) is 2.39. The highest BCUT2D eigenvalue weighted by molar-refractivity contribution is 7.80. The number of hydrogen-bond donors (Lipinski definition) is 2. The van der Waals surface area contributed by atoms with Crippen molar-refractivity contribution in [3.8, 4) is 0 Å². The fourth-order valence-electron chi connectivity index (χ4n) is 1.95. The number of anilines is 1. The number of benzene rings is 1. The summed E-state index contributed by atoms with van der Waals surface area (Å²) in [6.07, 6.45) is 4.60. The number of thiocarbonyl (C=S) groups is 1. The first-order valence-electron chi connectivity index (χ1n) is 6.20. The smallest absolute Gasteiger partial charge is 0.104 e. The van der Waals surface area contributed by atoms with E-state index in [-0.39, 0.29) is 0 Å². The second-order valence-corrected chi connectivity index (χ2v) is 4.87. The molecule has 0 unspecified atom stereocenters. The van der Waals surface area contributed by atoms with Gasteiger partial charge in [-0.3, -0.25) is 4.98 Å². The lowest BCUT2D eigenvalue weighted by Crippen LogP contribution is -2.12. The van der Waals surface area contributed by atoms with Crippen LogP contribution in [0.4, 0.5) is 5.69 Å². The van der Waals surface area contributed by atoms with Gasteiger partial charge in [-0.1, -0.05) is 12.2 Å². The van der Waals surface area contributed by atoms with Gasteiger partial charge in [0.2, 0.25) is 0 Å². The fourth-order valence-corrected chi connectivity index (χ4v) is 2.18. The Morgan fingerprint density at radius 3 is 2.63 bits per heavy atom. The highest BCUT2D eigenvalue weighted by atomic mass is 32.1. The second-order valence-electron chi connectivity index (χ2n) is 4.43. The molecule has 3 nitrogen and oxygen atoms in total. The lowest BCUT2D eigenvalue weighted by atomic mass is 10.1. The van der Waals surface area contributed by atoms with Crippen LogP contribution in [0.2, 0.25) is 0 Å². The summed E-state index contributed by atoms with van der Waals surface area (Å²) in [5, 5.41) is 3.40. The molecule has 0 aliphatic rings. The van der Waals surface area contributed by atoms with Crippen LogP contribution in [0.3, 0.4) is 0 Å². The molecule has 1 aromatic carbocycles. The molecule has 0 amide bonds. The normalized spacial score (nSPS) is 10.2. The summed E-state index contributed by atoms with van der Waals surface area (Å²) in [5.74, 6) is 0. The van der Waals surface area contributed by atoms with Crippen LogP contribution >= 0.6 is 12.2 Å². The Morgan fingerprint density at radius 2 is 2.00 bits per heavy atom. The van der Waals surface area contributed by atoms with Crippen LogP contribution in [-0.2, 0) is 6.42 Å². The van der Waals surface area contributed by atoms with E-state index in [0.717, 1.165) is 29.8 Å². The van der Waals surface area contributed by atoms with Gasteiger partial charge in [0.1, 0.15) is 4.99 Å². The molecule has 4 heteroatoms. The van der Waals surface area contributed by atoms with Crippen LogP contribution in [0.25, 0.3) is 0 Å². The van der Waals surface area contributed by atoms with Crippen molar-refractivity contribution in [3.05, 3.63) is 59.4 Å². The van der Waals surface area contributed by atoms with Gasteiger partial charge in [0.25, 0.3) is 0 Å². The third-order valence-corrected chi connectivity index (χ3v) is 3.20. The number of aromatic nitrogens is 1. The maximum absolute atomic E-state index is 5.65. The van der Waals surface area contributed by atoms with Gasteiger partial charge in [-0.2, -0.15) is 0 Å². The van der Waals surface area contributed by atoms with Crippen molar-refractivity contribution in [2.45, 2.75) is 13.3 Å². The van der Waals surface area contributed by atoms with Crippen LogP contribution in [0.1, 0.15) is 16.7 Å². The third-order valence-electron chi connectivity index (χ3n) is 2.98. The van der Waals surface area contributed by atoms with Gasteiger partial charge >= 0.3 is 0 Å². The zero-order chi connectivity index (χ0) is 13.7. The Bertz CT molecular complexity index is 567. The predicted octanol–water partition coefficient (Wildman–Crippen LogP) is 2.68. The van der Waals surface area contributed by atoms with Crippen LogP contribution in [-0.4, -0.2) is 16.5 Å². The van der Waals surface area contributed by atoms with Gasteiger partial charge < -0.3 is 11.1 Å². The van der Waals surface area contributed by atoms with Crippen molar-refractivity contribution in [3.63, 3.8) is 0 Å². The number of aryl methyl sites for hydroxylation is 1. The number of nitrogens with zero attached hydrogens (tertiary/aromatic N) is 1. The third kappa shape index (κ3) is 3.76. The Labute approximate surface area is 118 Å². The summed E-state index contributed by atoms with van der Waals surface area (Å²) >= 11 is 5.00. The molecule has 2 rings (SSSR count). The Hall–Kier alpha value is -1.94. The Balaban J connectivity index is 1.93. The molecular formula is C15H17N3S. The van der Waals surface area contributed by atoms with E-state index in [0.29, 0.717) is 4.99 Å². The predicted molar refractivity (Wildman–Crippen MR) is 83.5 cm³/mol. The zero-order valence-corrected chi connectivity index (χ0v) is 11.7. The molecule has 0 bridgehead atoms. The maximum atomic E-state index is 5.65. The minimum atomic E-state index is 0.445. The second kappa shape index (κ2) is 6.29. The van der Waals surface area contributed by atoms with E-state index in [1.807, 2.05) is 43.6 Å². The van der Waals surface area contributed by atoms with E-state index in [1.54, 1.807) is 0 Å². The molecule has 0 saturated heterocycles. The molecule has 0 spiro atoms. The largest absolute Gasteiger partial charge is 0.389 e. The highest BCUT2D eigenvalue weighted by Gasteiger charge is 2.02. The van der Waals surface area contributed by atoms with Crippen LogP contribution in [0.15, 0.2) is 42.7 Å². The molecule has 3 N–H and O–H groups in total. The first-order chi connectivity index (χ1) is 9.16. The summed E-state index contributed by atoms with van der Waals surface area (Å²) < 4.78 is 0. The van der Waals surface area contributed by atoms with Crippen LogP contribution in [0, 0.1) is 6.92 Å². The molecular weight excluding hydrogens is 254 g/mol. The highest BCUT2D eigenvalue weighted by Crippen LogP contribution is 2.15. The molecule has 2 aromatic rings. The van der Waals surface area contributed by atoms with Crippen molar-refractivity contribution in [2.75, 3.05) is 11.9 Å². The van der Waals surface area contributed by atoms with E-state index in [4.69, 9.17) is 18.0 Å². The quantitative estimate of drug-likeness (QED) is 0.821. The minimum absolute atomic E-state index is 0.445. The van der Waals surface area contributed by atoms with E-state index in [1.165, 1.54) is 5.56 Å². The monoisotopic (exact) mass is 271 g/mol. The molecule has 0 fully saturated rings. The first-order valence-corrected chi connectivity index (χ1v) is 6.61. The van der Waals surface area contributed by atoms with Crippen LogP contribution < -0.4 is 11.1 Å². The molecule has 0 atom stereocenters. The lowest BCUT2D eigenvalue weighted by Gasteiger charge is -2.10. The van der Waals surface area contributed by atoms with E-state index < -0.39 is 0 Å². The molecule has 98 valence electrons.